The molecule has 2 rings (SSSR count). The first-order valence-electron chi connectivity index (χ1n) is 7.03. The first kappa shape index (κ1) is 13.2. The third kappa shape index (κ3) is 3.16. The minimum absolute atomic E-state index is 0.831. The van der Waals surface area contributed by atoms with Crippen LogP contribution in [0.2, 0.25) is 0 Å². The molecule has 0 amide bonds. The van der Waals surface area contributed by atoms with Crippen molar-refractivity contribution in [2.45, 2.75) is 39.5 Å². The maximum Gasteiger partial charge on any atom is 0.126 e. The van der Waals surface area contributed by atoms with Gasteiger partial charge in [0.05, 0.1) is 7.11 Å². The van der Waals surface area contributed by atoms with E-state index in [1.807, 2.05) is 12.1 Å². The third-order valence-electron chi connectivity index (χ3n) is 4.11. The van der Waals surface area contributed by atoms with E-state index >= 15 is 0 Å². The van der Waals surface area contributed by atoms with Gasteiger partial charge in [0, 0.05) is 5.56 Å². The Balaban J connectivity index is 2.06. The zero-order valence-corrected chi connectivity index (χ0v) is 11.8. The molecule has 0 aromatic heterocycles. The van der Waals surface area contributed by atoms with Gasteiger partial charge >= 0.3 is 0 Å². The van der Waals surface area contributed by atoms with Crippen LogP contribution in [0.25, 0.3) is 6.08 Å². The van der Waals surface area contributed by atoms with E-state index in [1.54, 1.807) is 12.7 Å². The van der Waals surface area contributed by atoms with Crippen LogP contribution in [0.5, 0.6) is 5.75 Å². The van der Waals surface area contributed by atoms with E-state index in [4.69, 9.17) is 4.74 Å². The number of hydrogen-bond acceptors (Lipinski definition) is 1. The zero-order valence-electron chi connectivity index (χ0n) is 11.8. The molecule has 18 heavy (non-hydrogen) atoms. The quantitative estimate of drug-likeness (QED) is 0.733. The molecule has 0 saturated heterocycles. The average Bonchev–Trinajstić information content (AvgIpc) is 2.40. The van der Waals surface area contributed by atoms with Gasteiger partial charge in [0.1, 0.15) is 5.75 Å². The van der Waals surface area contributed by atoms with Gasteiger partial charge < -0.3 is 4.74 Å². The number of hydrogen-bond donors (Lipinski definition) is 0. The Morgan fingerprint density at radius 3 is 2.44 bits per heavy atom. The Morgan fingerprint density at radius 1 is 1.17 bits per heavy atom. The maximum atomic E-state index is 5.40. The fraction of sp³-hybridized carbons (Fsp3) is 0.529. The molecule has 0 atom stereocenters. The number of para-hydroxylation sites is 1. The van der Waals surface area contributed by atoms with Crippen LogP contribution in [0.3, 0.4) is 0 Å². The summed E-state index contributed by atoms with van der Waals surface area (Å²) in [6, 6.07) is 8.28. The molecule has 1 aliphatic rings. The minimum atomic E-state index is 0.831. The summed E-state index contributed by atoms with van der Waals surface area (Å²) in [5.74, 6) is 2.73. The van der Waals surface area contributed by atoms with Crippen LogP contribution in [-0.4, -0.2) is 7.11 Å². The highest BCUT2D eigenvalue weighted by molar-refractivity contribution is 5.59. The minimum Gasteiger partial charge on any atom is -0.496 e. The Bertz CT molecular complexity index is 407. The lowest BCUT2D eigenvalue weighted by Gasteiger charge is -2.27. The van der Waals surface area contributed by atoms with E-state index in [2.05, 4.69) is 32.1 Å². The zero-order chi connectivity index (χ0) is 13.0. The smallest absolute Gasteiger partial charge is 0.126 e. The summed E-state index contributed by atoms with van der Waals surface area (Å²) < 4.78 is 5.40. The summed E-state index contributed by atoms with van der Waals surface area (Å²) in [5.41, 5.74) is 2.80. The lowest BCUT2D eigenvalue weighted by atomic mass is 9.79. The number of allylic oxidation sites excluding steroid dienone is 1. The van der Waals surface area contributed by atoms with Crippen molar-refractivity contribution in [2.24, 2.45) is 11.8 Å². The fourth-order valence-corrected chi connectivity index (χ4v) is 2.83. The topological polar surface area (TPSA) is 9.23 Å². The van der Waals surface area contributed by atoms with Gasteiger partial charge in [-0.2, -0.15) is 0 Å². The Kier molecular flexibility index (Phi) is 4.46. The van der Waals surface area contributed by atoms with Gasteiger partial charge in [0.15, 0.2) is 0 Å². The lowest BCUT2D eigenvalue weighted by molar-refractivity contribution is 0.312. The molecule has 98 valence electrons. The third-order valence-corrected chi connectivity index (χ3v) is 4.11. The average molecular weight is 244 g/mol. The summed E-state index contributed by atoms with van der Waals surface area (Å²) in [4.78, 5) is 0. The van der Waals surface area contributed by atoms with Crippen LogP contribution in [0.1, 0.15) is 45.1 Å². The van der Waals surface area contributed by atoms with Gasteiger partial charge in [-0.15, -0.1) is 0 Å². The van der Waals surface area contributed by atoms with Crippen molar-refractivity contribution in [1.29, 1.82) is 0 Å². The molecule has 1 nitrogen and oxygen atoms in total. The predicted octanol–water partition coefficient (Wildman–Crippen LogP) is 4.92. The molecule has 0 unspecified atom stereocenters. The molecular weight excluding hydrogens is 220 g/mol. The second kappa shape index (κ2) is 6.08. The van der Waals surface area contributed by atoms with Gasteiger partial charge in [0.2, 0.25) is 0 Å². The first-order valence-corrected chi connectivity index (χ1v) is 7.03. The summed E-state index contributed by atoms with van der Waals surface area (Å²) in [6.07, 6.45) is 7.52. The molecule has 1 aromatic rings. The van der Waals surface area contributed by atoms with Crippen LogP contribution < -0.4 is 4.74 Å². The number of ether oxygens (including phenoxy) is 1. The van der Waals surface area contributed by atoms with Crippen LogP contribution in [-0.2, 0) is 0 Å². The van der Waals surface area contributed by atoms with Crippen molar-refractivity contribution in [1.82, 2.24) is 0 Å². The molecule has 0 aliphatic heterocycles. The molecule has 1 aromatic carbocycles. The van der Waals surface area contributed by atoms with Crippen molar-refractivity contribution in [3.63, 3.8) is 0 Å². The predicted molar refractivity (Wildman–Crippen MR) is 77.8 cm³/mol. The summed E-state index contributed by atoms with van der Waals surface area (Å²) in [6.45, 7) is 4.69. The van der Waals surface area contributed by atoms with Crippen molar-refractivity contribution in [3.8, 4) is 5.75 Å². The number of methoxy groups -OCH3 is 1. The summed E-state index contributed by atoms with van der Waals surface area (Å²) in [7, 11) is 1.74. The molecule has 0 bridgehead atoms. The molecule has 1 fully saturated rings. The number of rotatable bonds is 3. The Hall–Kier alpha value is -1.24. The second-order valence-electron chi connectivity index (χ2n) is 5.63. The van der Waals surface area contributed by atoms with Crippen LogP contribution in [0.4, 0.5) is 0 Å². The highest BCUT2D eigenvalue weighted by Crippen LogP contribution is 2.34. The van der Waals surface area contributed by atoms with Crippen molar-refractivity contribution in [2.75, 3.05) is 7.11 Å². The van der Waals surface area contributed by atoms with Crippen LogP contribution in [0.15, 0.2) is 29.8 Å². The van der Waals surface area contributed by atoms with E-state index in [1.165, 1.54) is 31.2 Å². The van der Waals surface area contributed by atoms with Crippen molar-refractivity contribution in [3.05, 3.63) is 35.4 Å². The largest absolute Gasteiger partial charge is 0.496 e. The summed E-state index contributed by atoms with van der Waals surface area (Å²) >= 11 is 0. The Morgan fingerprint density at radius 2 is 1.83 bits per heavy atom. The molecule has 1 heteroatoms. The maximum absolute atomic E-state index is 5.40. The highest BCUT2D eigenvalue weighted by Gasteiger charge is 2.19. The standard InChI is InChI=1S/C17H24O/c1-13(2)15-10-8-14(9-11-15)12-16-6-4-5-7-17(16)18-3/h4-7,12-13,15H,8-11H2,1-3H3. The van der Waals surface area contributed by atoms with E-state index in [9.17, 15) is 0 Å². The van der Waals surface area contributed by atoms with Crippen molar-refractivity contribution < 1.29 is 4.74 Å². The highest BCUT2D eigenvalue weighted by atomic mass is 16.5. The van der Waals surface area contributed by atoms with Gasteiger partial charge in [-0.1, -0.05) is 43.7 Å². The van der Waals surface area contributed by atoms with Gasteiger partial charge in [-0.3, -0.25) is 0 Å². The molecule has 1 aliphatic carbocycles. The van der Waals surface area contributed by atoms with Crippen molar-refractivity contribution >= 4 is 6.08 Å². The molecule has 0 spiro atoms. The van der Waals surface area contributed by atoms with E-state index in [0.29, 0.717) is 0 Å². The SMILES string of the molecule is COc1ccccc1C=C1CCC(C(C)C)CC1. The van der Waals surface area contributed by atoms with Crippen LogP contribution in [0, 0.1) is 11.8 Å². The van der Waals surface area contributed by atoms with E-state index in [0.717, 1.165) is 17.6 Å². The lowest BCUT2D eigenvalue weighted by Crippen LogP contribution is -2.13. The van der Waals surface area contributed by atoms with Gasteiger partial charge in [0.25, 0.3) is 0 Å². The molecule has 1 saturated carbocycles. The first-order chi connectivity index (χ1) is 8.70. The molecule has 0 N–H and O–H groups in total. The fourth-order valence-electron chi connectivity index (χ4n) is 2.83. The van der Waals surface area contributed by atoms with Gasteiger partial charge in [-0.05, 0) is 43.6 Å². The summed E-state index contributed by atoms with van der Waals surface area (Å²) in [5, 5.41) is 0. The van der Waals surface area contributed by atoms with Crippen LogP contribution >= 0.6 is 0 Å². The van der Waals surface area contributed by atoms with Gasteiger partial charge in [-0.25, -0.2) is 0 Å². The van der Waals surface area contributed by atoms with E-state index in [-0.39, 0.29) is 0 Å². The molecule has 0 heterocycles. The molecular formula is C17H24O. The van der Waals surface area contributed by atoms with E-state index < -0.39 is 0 Å². The Labute approximate surface area is 111 Å². The second-order valence-corrected chi connectivity index (χ2v) is 5.63. The normalized spacial score (nSPS) is 20.0. The monoisotopic (exact) mass is 244 g/mol. The number of benzene rings is 1. The molecule has 0 radical (unpaired) electrons.